The van der Waals surface area contributed by atoms with Gasteiger partial charge in [0, 0.05) is 12.6 Å². The van der Waals surface area contributed by atoms with E-state index in [0.717, 1.165) is 19.3 Å². The second kappa shape index (κ2) is 7.29. The quantitative estimate of drug-likeness (QED) is 0.789. The van der Waals surface area contributed by atoms with Crippen molar-refractivity contribution in [3.05, 3.63) is 23.8 Å². The molecule has 0 aliphatic carbocycles. The molecular weight excluding hydrogens is 318 g/mol. The van der Waals surface area contributed by atoms with Gasteiger partial charge in [-0.1, -0.05) is 6.42 Å². The summed E-state index contributed by atoms with van der Waals surface area (Å²) < 4.78 is 32.4. The van der Waals surface area contributed by atoms with Gasteiger partial charge < -0.3 is 16.2 Å². The van der Waals surface area contributed by atoms with Gasteiger partial charge in [0.1, 0.15) is 5.75 Å². The number of rotatable bonds is 6. The summed E-state index contributed by atoms with van der Waals surface area (Å²) >= 11 is 0. The molecule has 1 aliphatic rings. The molecule has 0 aromatic heterocycles. The number of hydrogen-bond acceptors (Lipinski definition) is 5. The average Bonchev–Trinajstić information content (AvgIpc) is 2.54. The minimum atomic E-state index is -3.70. The van der Waals surface area contributed by atoms with Crippen molar-refractivity contribution in [2.24, 2.45) is 11.5 Å². The number of amides is 1. The molecule has 1 aliphatic heterocycles. The standard InChI is InChI=1S/C15H23N3O4S/c1-22-14-6-5-12(10-13(14)15(17)19)23(20,21)18-9-3-2-4-11(18)7-8-16/h5-6,10-11H,2-4,7-9,16H2,1H3,(H2,17,19). The van der Waals surface area contributed by atoms with E-state index in [9.17, 15) is 13.2 Å². The van der Waals surface area contributed by atoms with Crippen LogP contribution in [-0.2, 0) is 10.0 Å². The Morgan fingerprint density at radius 3 is 2.74 bits per heavy atom. The molecule has 0 bridgehead atoms. The fourth-order valence-electron chi connectivity index (χ4n) is 2.95. The van der Waals surface area contributed by atoms with Gasteiger partial charge in [0.2, 0.25) is 10.0 Å². The summed E-state index contributed by atoms with van der Waals surface area (Å²) in [6.07, 6.45) is 3.23. The second-order valence-corrected chi connectivity index (χ2v) is 7.46. The smallest absolute Gasteiger partial charge is 0.252 e. The number of nitrogens with two attached hydrogens (primary N) is 2. The first-order valence-corrected chi connectivity index (χ1v) is 9.05. The molecule has 1 fully saturated rings. The van der Waals surface area contributed by atoms with Crippen molar-refractivity contribution in [2.75, 3.05) is 20.2 Å². The van der Waals surface area contributed by atoms with E-state index >= 15 is 0 Å². The van der Waals surface area contributed by atoms with E-state index < -0.39 is 15.9 Å². The minimum Gasteiger partial charge on any atom is -0.496 e. The molecule has 7 nitrogen and oxygen atoms in total. The second-order valence-electron chi connectivity index (χ2n) is 5.57. The highest BCUT2D eigenvalue weighted by molar-refractivity contribution is 7.89. The van der Waals surface area contributed by atoms with Crippen LogP contribution in [0.4, 0.5) is 0 Å². The van der Waals surface area contributed by atoms with E-state index in [1.807, 2.05) is 0 Å². The zero-order valence-corrected chi connectivity index (χ0v) is 14.0. The molecule has 23 heavy (non-hydrogen) atoms. The monoisotopic (exact) mass is 341 g/mol. The molecule has 0 spiro atoms. The van der Waals surface area contributed by atoms with E-state index in [-0.39, 0.29) is 22.3 Å². The third-order valence-corrected chi connectivity index (χ3v) is 6.06. The summed E-state index contributed by atoms with van der Waals surface area (Å²) in [5.74, 6) is -0.468. The lowest BCUT2D eigenvalue weighted by atomic mass is 10.0. The Hall–Kier alpha value is -1.64. The summed E-state index contributed by atoms with van der Waals surface area (Å²) in [4.78, 5) is 11.6. The summed E-state index contributed by atoms with van der Waals surface area (Å²) in [6.45, 7) is 0.900. The van der Waals surface area contributed by atoms with Gasteiger partial charge in [-0.15, -0.1) is 0 Å². The van der Waals surface area contributed by atoms with E-state index in [4.69, 9.17) is 16.2 Å². The van der Waals surface area contributed by atoms with Crippen LogP contribution in [0.15, 0.2) is 23.1 Å². The first-order valence-electron chi connectivity index (χ1n) is 7.61. The lowest BCUT2D eigenvalue weighted by Gasteiger charge is -2.34. The van der Waals surface area contributed by atoms with Gasteiger partial charge in [0.25, 0.3) is 5.91 Å². The first-order chi connectivity index (χ1) is 10.9. The van der Waals surface area contributed by atoms with Crippen molar-refractivity contribution in [2.45, 2.75) is 36.6 Å². The molecule has 1 aromatic carbocycles. The topological polar surface area (TPSA) is 116 Å². The van der Waals surface area contributed by atoms with Crippen LogP contribution in [-0.4, -0.2) is 44.9 Å². The number of carbonyl (C=O) groups is 1. The van der Waals surface area contributed by atoms with Gasteiger partial charge in [-0.3, -0.25) is 4.79 Å². The Balaban J connectivity index is 2.42. The predicted octanol–water partition coefficient (Wildman–Crippen LogP) is 0.686. The van der Waals surface area contributed by atoms with Gasteiger partial charge in [0.15, 0.2) is 0 Å². The largest absolute Gasteiger partial charge is 0.496 e. The zero-order valence-electron chi connectivity index (χ0n) is 13.2. The molecule has 2 rings (SSSR count). The Morgan fingerprint density at radius 2 is 2.13 bits per heavy atom. The van der Waals surface area contributed by atoms with Crippen LogP contribution >= 0.6 is 0 Å². The molecule has 8 heteroatoms. The highest BCUT2D eigenvalue weighted by Gasteiger charge is 2.33. The van der Waals surface area contributed by atoms with Crippen molar-refractivity contribution >= 4 is 15.9 Å². The normalized spacial score (nSPS) is 19.5. The summed E-state index contributed by atoms with van der Waals surface area (Å²) in [7, 11) is -2.30. The molecule has 128 valence electrons. The molecule has 1 unspecified atom stereocenters. The molecule has 1 amide bonds. The Morgan fingerprint density at radius 1 is 1.39 bits per heavy atom. The van der Waals surface area contributed by atoms with Crippen molar-refractivity contribution in [3.8, 4) is 5.75 Å². The van der Waals surface area contributed by atoms with Crippen LogP contribution in [0.25, 0.3) is 0 Å². The third kappa shape index (κ3) is 3.65. The number of hydrogen-bond donors (Lipinski definition) is 2. The molecule has 0 radical (unpaired) electrons. The fraction of sp³-hybridized carbons (Fsp3) is 0.533. The van der Waals surface area contributed by atoms with E-state index in [2.05, 4.69) is 0 Å². The number of benzene rings is 1. The van der Waals surface area contributed by atoms with Gasteiger partial charge in [0.05, 0.1) is 17.6 Å². The zero-order chi connectivity index (χ0) is 17.0. The third-order valence-electron chi connectivity index (χ3n) is 4.12. The lowest BCUT2D eigenvalue weighted by Crippen LogP contribution is -2.44. The van der Waals surface area contributed by atoms with Gasteiger partial charge in [-0.05, 0) is 44.0 Å². The Kier molecular flexibility index (Phi) is 5.61. The maximum atomic E-state index is 12.9. The van der Waals surface area contributed by atoms with Crippen LogP contribution < -0.4 is 16.2 Å². The minimum absolute atomic E-state index is 0.0519. The van der Waals surface area contributed by atoms with Crippen LogP contribution in [0, 0.1) is 0 Å². The Bertz CT molecular complexity index is 673. The number of nitrogens with zero attached hydrogens (tertiary/aromatic N) is 1. The number of carbonyl (C=O) groups excluding carboxylic acids is 1. The molecule has 1 saturated heterocycles. The maximum Gasteiger partial charge on any atom is 0.252 e. The van der Waals surface area contributed by atoms with Crippen molar-refractivity contribution < 1.29 is 17.9 Å². The van der Waals surface area contributed by atoms with Gasteiger partial charge in [-0.25, -0.2) is 8.42 Å². The Labute approximate surface area is 136 Å². The molecule has 4 N–H and O–H groups in total. The van der Waals surface area contributed by atoms with Crippen molar-refractivity contribution in [1.29, 1.82) is 0 Å². The van der Waals surface area contributed by atoms with E-state index in [1.54, 1.807) is 0 Å². The first kappa shape index (κ1) is 17.7. The van der Waals surface area contributed by atoms with Gasteiger partial charge in [-0.2, -0.15) is 4.31 Å². The SMILES string of the molecule is COc1ccc(S(=O)(=O)N2CCCCC2CCN)cc1C(N)=O. The summed E-state index contributed by atoms with van der Waals surface area (Å²) in [5.41, 5.74) is 11.0. The van der Waals surface area contributed by atoms with Crippen molar-refractivity contribution in [3.63, 3.8) is 0 Å². The van der Waals surface area contributed by atoms with Crippen molar-refractivity contribution in [1.82, 2.24) is 4.31 Å². The molecular formula is C15H23N3O4S. The number of ether oxygens (including phenoxy) is 1. The average molecular weight is 341 g/mol. The van der Waals surface area contributed by atoms with Crippen LogP contribution in [0.3, 0.4) is 0 Å². The molecule has 1 atom stereocenters. The number of sulfonamides is 1. The summed E-state index contributed by atoms with van der Waals surface area (Å²) in [5, 5.41) is 0. The highest BCUT2D eigenvalue weighted by Crippen LogP contribution is 2.29. The molecule has 1 heterocycles. The molecule has 0 saturated carbocycles. The van der Waals surface area contributed by atoms with Crippen LogP contribution in [0.2, 0.25) is 0 Å². The highest BCUT2D eigenvalue weighted by atomic mass is 32.2. The van der Waals surface area contributed by atoms with Crippen LogP contribution in [0.5, 0.6) is 5.75 Å². The fourth-order valence-corrected chi connectivity index (χ4v) is 4.70. The summed E-state index contributed by atoms with van der Waals surface area (Å²) in [6, 6.07) is 4.08. The van der Waals surface area contributed by atoms with Crippen LogP contribution in [0.1, 0.15) is 36.0 Å². The molecule has 1 aromatic rings. The number of piperidine rings is 1. The van der Waals surface area contributed by atoms with Gasteiger partial charge >= 0.3 is 0 Å². The predicted molar refractivity (Wildman–Crippen MR) is 86.7 cm³/mol. The lowest BCUT2D eigenvalue weighted by molar-refractivity contribution is 0.0997. The van der Waals surface area contributed by atoms with E-state index in [1.165, 1.54) is 29.6 Å². The number of methoxy groups -OCH3 is 1. The maximum absolute atomic E-state index is 12.9. The number of primary amides is 1. The van der Waals surface area contributed by atoms with E-state index in [0.29, 0.717) is 19.5 Å².